The lowest BCUT2D eigenvalue weighted by Crippen LogP contribution is -2.21. The van der Waals surface area contributed by atoms with E-state index in [1.165, 1.54) is 12.1 Å². The van der Waals surface area contributed by atoms with Crippen molar-refractivity contribution in [2.45, 2.75) is 18.7 Å². The zero-order chi connectivity index (χ0) is 11.6. The SMILES string of the molecule is FC(F)(F)c1ncccc1OC1CCNC1. The molecule has 1 aliphatic rings. The highest BCUT2D eigenvalue weighted by Gasteiger charge is 2.36. The highest BCUT2D eigenvalue weighted by Crippen LogP contribution is 2.34. The Morgan fingerprint density at radius 2 is 2.25 bits per heavy atom. The number of pyridine rings is 1. The van der Waals surface area contributed by atoms with E-state index in [0.29, 0.717) is 13.0 Å². The van der Waals surface area contributed by atoms with Gasteiger partial charge in [0.25, 0.3) is 0 Å². The summed E-state index contributed by atoms with van der Waals surface area (Å²) in [5.41, 5.74) is -0.957. The Hall–Kier alpha value is -1.30. The molecule has 1 N–H and O–H groups in total. The summed E-state index contributed by atoms with van der Waals surface area (Å²) in [5.74, 6) is -0.191. The third-order valence-corrected chi connectivity index (χ3v) is 2.35. The van der Waals surface area contributed by atoms with Crippen LogP contribution in [0.15, 0.2) is 18.3 Å². The number of ether oxygens (including phenoxy) is 1. The number of nitrogens with one attached hydrogen (secondary N) is 1. The van der Waals surface area contributed by atoms with Gasteiger partial charge >= 0.3 is 6.18 Å². The molecule has 1 aromatic heterocycles. The Bertz CT molecular complexity index is 361. The first kappa shape index (κ1) is 11.2. The van der Waals surface area contributed by atoms with Crippen LogP contribution < -0.4 is 10.1 Å². The maximum atomic E-state index is 12.6. The number of nitrogens with zero attached hydrogens (tertiary/aromatic N) is 1. The second kappa shape index (κ2) is 4.29. The average Bonchev–Trinajstić information content (AvgIpc) is 2.70. The first-order valence-corrected chi connectivity index (χ1v) is 4.97. The molecule has 2 heterocycles. The molecule has 1 aliphatic heterocycles. The monoisotopic (exact) mass is 232 g/mol. The summed E-state index contributed by atoms with van der Waals surface area (Å²) in [6, 6.07) is 2.74. The van der Waals surface area contributed by atoms with Crippen molar-refractivity contribution in [1.29, 1.82) is 0 Å². The molecule has 3 nitrogen and oxygen atoms in total. The van der Waals surface area contributed by atoms with Crippen molar-refractivity contribution >= 4 is 0 Å². The number of rotatable bonds is 2. The van der Waals surface area contributed by atoms with Crippen LogP contribution in [-0.2, 0) is 6.18 Å². The van der Waals surface area contributed by atoms with Gasteiger partial charge in [0.1, 0.15) is 6.10 Å². The molecule has 1 atom stereocenters. The normalized spacial score (nSPS) is 21.1. The van der Waals surface area contributed by atoms with Crippen LogP contribution in [0.2, 0.25) is 0 Å². The summed E-state index contributed by atoms with van der Waals surface area (Å²) in [5, 5.41) is 3.02. The molecule has 0 bridgehead atoms. The van der Waals surface area contributed by atoms with Crippen molar-refractivity contribution in [2.24, 2.45) is 0 Å². The lowest BCUT2D eigenvalue weighted by molar-refractivity contribution is -0.142. The predicted octanol–water partition coefficient (Wildman–Crippen LogP) is 1.84. The zero-order valence-electron chi connectivity index (χ0n) is 8.42. The molecule has 88 valence electrons. The lowest BCUT2D eigenvalue weighted by atomic mass is 10.3. The van der Waals surface area contributed by atoms with E-state index in [1.54, 1.807) is 0 Å². The maximum Gasteiger partial charge on any atom is 0.437 e. The minimum absolute atomic E-state index is 0.191. The molecule has 0 radical (unpaired) electrons. The van der Waals surface area contributed by atoms with E-state index in [0.717, 1.165) is 12.7 Å². The van der Waals surface area contributed by atoms with Crippen molar-refractivity contribution in [2.75, 3.05) is 13.1 Å². The van der Waals surface area contributed by atoms with Gasteiger partial charge in [-0.1, -0.05) is 0 Å². The van der Waals surface area contributed by atoms with Crippen LogP contribution in [0.1, 0.15) is 12.1 Å². The van der Waals surface area contributed by atoms with Crippen LogP contribution >= 0.6 is 0 Å². The van der Waals surface area contributed by atoms with Gasteiger partial charge < -0.3 is 10.1 Å². The first-order chi connectivity index (χ1) is 7.57. The summed E-state index contributed by atoms with van der Waals surface area (Å²) in [6.45, 7) is 1.35. The predicted molar refractivity (Wildman–Crippen MR) is 51.1 cm³/mol. The molecule has 1 aromatic rings. The Balaban J connectivity index is 2.19. The number of hydrogen-bond donors (Lipinski definition) is 1. The molecule has 1 saturated heterocycles. The number of aromatic nitrogens is 1. The summed E-state index contributed by atoms with van der Waals surface area (Å²) in [6.07, 6.45) is -2.84. The van der Waals surface area contributed by atoms with Crippen molar-refractivity contribution in [3.63, 3.8) is 0 Å². The fourth-order valence-corrected chi connectivity index (χ4v) is 1.61. The summed E-state index contributed by atoms with van der Waals surface area (Å²) in [7, 11) is 0. The van der Waals surface area contributed by atoms with Gasteiger partial charge in [-0.15, -0.1) is 0 Å². The quantitative estimate of drug-likeness (QED) is 0.844. The molecular weight excluding hydrogens is 221 g/mol. The number of alkyl halides is 3. The van der Waals surface area contributed by atoms with Gasteiger partial charge in [-0.05, 0) is 25.1 Å². The summed E-state index contributed by atoms with van der Waals surface area (Å²) in [4.78, 5) is 3.32. The molecule has 0 amide bonds. The molecule has 1 unspecified atom stereocenters. The molecule has 1 fully saturated rings. The summed E-state index contributed by atoms with van der Waals surface area (Å²) >= 11 is 0. The topological polar surface area (TPSA) is 34.1 Å². The fourth-order valence-electron chi connectivity index (χ4n) is 1.61. The average molecular weight is 232 g/mol. The van der Waals surface area contributed by atoms with E-state index < -0.39 is 11.9 Å². The Labute approximate surface area is 90.6 Å². The van der Waals surface area contributed by atoms with Gasteiger partial charge in [0.2, 0.25) is 0 Å². The van der Waals surface area contributed by atoms with E-state index in [1.807, 2.05) is 0 Å². The lowest BCUT2D eigenvalue weighted by Gasteiger charge is -2.16. The van der Waals surface area contributed by atoms with Gasteiger partial charge in [-0.3, -0.25) is 0 Å². The van der Waals surface area contributed by atoms with Gasteiger partial charge in [0.15, 0.2) is 11.4 Å². The van der Waals surface area contributed by atoms with Crippen molar-refractivity contribution in [1.82, 2.24) is 10.3 Å². The van der Waals surface area contributed by atoms with E-state index in [-0.39, 0.29) is 11.9 Å². The maximum absolute atomic E-state index is 12.6. The minimum Gasteiger partial charge on any atom is -0.487 e. The van der Waals surface area contributed by atoms with Crippen molar-refractivity contribution < 1.29 is 17.9 Å². The van der Waals surface area contributed by atoms with Crippen molar-refractivity contribution in [3.8, 4) is 5.75 Å². The Kier molecular flexibility index (Phi) is 3.00. The Morgan fingerprint density at radius 3 is 2.88 bits per heavy atom. The molecule has 0 spiro atoms. The van der Waals surface area contributed by atoms with Gasteiger partial charge in [-0.2, -0.15) is 13.2 Å². The highest BCUT2D eigenvalue weighted by atomic mass is 19.4. The molecule has 0 aromatic carbocycles. The molecule has 2 rings (SSSR count). The van der Waals surface area contributed by atoms with Gasteiger partial charge in [-0.25, -0.2) is 4.98 Å². The zero-order valence-corrected chi connectivity index (χ0v) is 8.42. The van der Waals surface area contributed by atoms with E-state index >= 15 is 0 Å². The largest absolute Gasteiger partial charge is 0.487 e. The molecule has 0 saturated carbocycles. The second-order valence-electron chi connectivity index (χ2n) is 3.58. The van der Waals surface area contributed by atoms with E-state index in [2.05, 4.69) is 10.3 Å². The smallest absolute Gasteiger partial charge is 0.437 e. The molecule has 6 heteroatoms. The van der Waals surface area contributed by atoms with E-state index in [9.17, 15) is 13.2 Å². The van der Waals surface area contributed by atoms with Crippen LogP contribution in [0.4, 0.5) is 13.2 Å². The van der Waals surface area contributed by atoms with E-state index in [4.69, 9.17) is 4.74 Å². The molecular formula is C10H11F3N2O. The standard InChI is InChI=1S/C10H11F3N2O/c11-10(12,13)9-8(2-1-4-15-9)16-7-3-5-14-6-7/h1-2,4,7,14H,3,5-6H2. The first-order valence-electron chi connectivity index (χ1n) is 4.97. The van der Waals surface area contributed by atoms with Gasteiger partial charge in [0.05, 0.1) is 0 Å². The third-order valence-electron chi connectivity index (χ3n) is 2.35. The highest BCUT2D eigenvalue weighted by molar-refractivity contribution is 5.29. The van der Waals surface area contributed by atoms with Crippen LogP contribution in [0, 0.1) is 0 Å². The fraction of sp³-hybridized carbons (Fsp3) is 0.500. The van der Waals surface area contributed by atoms with Crippen molar-refractivity contribution in [3.05, 3.63) is 24.0 Å². The molecule has 0 aliphatic carbocycles. The number of hydrogen-bond acceptors (Lipinski definition) is 3. The van der Waals surface area contributed by atoms with Crippen LogP contribution in [0.3, 0.4) is 0 Å². The number of halogens is 3. The second-order valence-corrected chi connectivity index (χ2v) is 3.58. The van der Waals surface area contributed by atoms with Gasteiger partial charge in [0, 0.05) is 12.7 Å². The molecule has 16 heavy (non-hydrogen) atoms. The van der Waals surface area contributed by atoms with Crippen LogP contribution in [0.5, 0.6) is 5.75 Å². The van der Waals surface area contributed by atoms with Crippen LogP contribution in [-0.4, -0.2) is 24.2 Å². The Morgan fingerprint density at radius 1 is 1.44 bits per heavy atom. The minimum atomic E-state index is -4.47. The third kappa shape index (κ3) is 2.44. The summed E-state index contributed by atoms with van der Waals surface area (Å²) < 4.78 is 43.0. The van der Waals surface area contributed by atoms with Crippen LogP contribution in [0.25, 0.3) is 0 Å².